The highest BCUT2D eigenvalue weighted by molar-refractivity contribution is 6.05. The number of amidine groups is 1. The summed E-state index contributed by atoms with van der Waals surface area (Å²) in [5.41, 5.74) is 2.42. The molecular formula is C15H22N4. The van der Waals surface area contributed by atoms with Crippen LogP contribution in [0, 0.1) is 5.92 Å². The monoisotopic (exact) mass is 258 g/mol. The van der Waals surface area contributed by atoms with Gasteiger partial charge in [-0.25, -0.2) is 0 Å². The number of para-hydroxylation sites is 1. The van der Waals surface area contributed by atoms with E-state index in [-0.39, 0.29) is 0 Å². The van der Waals surface area contributed by atoms with Crippen LogP contribution in [0.3, 0.4) is 0 Å². The first-order chi connectivity index (χ1) is 9.15. The molecule has 0 amide bonds. The number of hydrogen-bond acceptors (Lipinski definition) is 4. The van der Waals surface area contributed by atoms with E-state index in [0.29, 0.717) is 12.1 Å². The Kier molecular flexibility index (Phi) is 3.09. The molecule has 0 saturated carbocycles. The molecule has 3 rings (SSSR count). The Morgan fingerprint density at radius 3 is 2.89 bits per heavy atom. The molecule has 1 N–H and O–H groups in total. The Morgan fingerprint density at radius 2 is 2.11 bits per heavy atom. The smallest absolute Gasteiger partial charge is 0.159 e. The molecule has 2 heterocycles. The predicted octanol–water partition coefficient (Wildman–Crippen LogP) is 2.39. The highest BCUT2D eigenvalue weighted by Gasteiger charge is 2.32. The molecule has 0 fully saturated rings. The zero-order chi connectivity index (χ0) is 13.4. The molecule has 2 aliphatic heterocycles. The molecule has 0 bridgehead atoms. The lowest BCUT2D eigenvalue weighted by Crippen LogP contribution is -2.54. The third kappa shape index (κ3) is 2.27. The van der Waals surface area contributed by atoms with Crippen LogP contribution in [0.5, 0.6) is 0 Å². The van der Waals surface area contributed by atoms with Gasteiger partial charge in [-0.3, -0.25) is 5.01 Å². The van der Waals surface area contributed by atoms with Crippen molar-refractivity contribution in [3.8, 4) is 0 Å². The van der Waals surface area contributed by atoms with Crippen molar-refractivity contribution in [1.29, 1.82) is 0 Å². The maximum Gasteiger partial charge on any atom is 0.159 e. The number of hydrogen-bond donors (Lipinski definition) is 1. The molecule has 102 valence electrons. The van der Waals surface area contributed by atoms with Crippen molar-refractivity contribution >= 4 is 11.5 Å². The lowest BCUT2D eigenvalue weighted by Gasteiger charge is -2.44. The van der Waals surface area contributed by atoms with E-state index in [9.17, 15) is 0 Å². The Hall–Kier alpha value is -1.71. The van der Waals surface area contributed by atoms with Crippen LogP contribution in [0.25, 0.3) is 0 Å². The van der Waals surface area contributed by atoms with E-state index in [1.165, 1.54) is 11.3 Å². The second-order valence-corrected chi connectivity index (χ2v) is 5.83. The number of benzene rings is 1. The zero-order valence-corrected chi connectivity index (χ0v) is 11.9. The average Bonchev–Trinajstić information content (AvgIpc) is 2.38. The standard InChI is InChI=1S/C15H22N4/c1-11(2)10-14-16-13-7-5-4-6-12(13)15-17-18(3)8-9-19(14)15/h4-7,11,14,16H,8-10H2,1-3H3. The number of rotatable bonds is 2. The van der Waals surface area contributed by atoms with Crippen LogP contribution in [0.2, 0.25) is 0 Å². The van der Waals surface area contributed by atoms with E-state index in [0.717, 1.165) is 25.3 Å². The zero-order valence-electron chi connectivity index (χ0n) is 11.9. The van der Waals surface area contributed by atoms with Gasteiger partial charge in [0.2, 0.25) is 0 Å². The van der Waals surface area contributed by atoms with Gasteiger partial charge < -0.3 is 10.2 Å². The molecule has 19 heavy (non-hydrogen) atoms. The predicted molar refractivity (Wildman–Crippen MR) is 79.2 cm³/mol. The second kappa shape index (κ2) is 4.76. The summed E-state index contributed by atoms with van der Waals surface area (Å²) in [5.74, 6) is 1.79. The highest BCUT2D eigenvalue weighted by Crippen LogP contribution is 2.29. The van der Waals surface area contributed by atoms with E-state index in [4.69, 9.17) is 5.10 Å². The molecule has 1 atom stereocenters. The Labute approximate surface area is 115 Å². The van der Waals surface area contributed by atoms with Crippen LogP contribution < -0.4 is 5.32 Å². The van der Waals surface area contributed by atoms with E-state index in [2.05, 4.69) is 48.3 Å². The highest BCUT2D eigenvalue weighted by atomic mass is 15.5. The molecule has 4 heteroatoms. The Morgan fingerprint density at radius 1 is 1.32 bits per heavy atom. The first-order valence-electron chi connectivity index (χ1n) is 7.07. The van der Waals surface area contributed by atoms with Crippen molar-refractivity contribution in [2.45, 2.75) is 26.4 Å². The fraction of sp³-hybridized carbons (Fsp3) is 0.533. The molecule has 0 aliphatic carbocycles. The maximum absolute atomic E-state index is 4.74. The van der Waals surface area contributed by atoms with Crippen molar-refractivity contribution in [2.75, 3.05) is 25.5 Å². The minimum atomic E-state index is 0.363. The van der Waals surface area contributed by atoms with Crippen LogP contribution in [-0.2, 0) is 0 Å². The van der Waals surface area contributed by atoms with Crippen molar-refractivity contribution in [1.82, 2.24) is 9.91 Å². The molecule has 1 aromatic carbocycles. The van der Waals surface area contributed by atoms with Gasteiger partial charge >= 0.3 is 0 Å². The van der Waals surface area contributed by atoms with E-state index < -0.39 is 0 Å². The van der Waals surface area contributed by atoms with Crippen LogP contribution in [0.15, 0.2) is 29.4 Å². The number of hydrazone groups is 1. The van der Waals surface area contributed by atoms with E-state index in [1.807, 2.05) is 12.1 Å². The summed E-state index contributed by atoms with van der Waals surface area (Å²) in [5, 5.41) is 10.4. The van der Waals surface area contributed by atoms with Crippen LogP contribution >= 0.6 is 0 Å². The maximum atomic E-state index is 4.74. The van der Waals surface area contributed by atoms with Crippen molar-refractivity contribution in [2.24, 2.45) is 11.0 Å². The van der Waals surface area contributed by atoms with Gasteiger partial charge in [0, 0.05) is 24.8 Å². The van der Waals surface area contributed by atoms with Gasteiger partial charge in [0.15, 0.2) is 5.84 Å². The molecule has 4 nitrogen and oxygen atoms in total. The minimum Gasteiger partial charge on any atom is -0.365 e. The van der Waals surface area contributed by atoms with Gasteiger partial charge in [-0.15, -0.1) is 0 Å². The van der Waals surface area contributed by atoms with Crippen LogP contribution in [0.4, 0.5) is 5.69 Å². The summed E-state index contributed by atoms with van der Waals surface area (Å²) in [6.07, 6.45) is 1.50. The SMILES string of the molecule is CC(C)CC1Nc2ccccc2C2=NN(C)CCN21. The van der Waals surface area contributed by atoms with Gasteiger partial charge in [-0.1, -0.05) is 26.0 Å². The van der Waals surface area contributed by atoms with Crippen molar-refractivity contribution < 1.29 is 0 Å². The molecule has 0 spiro atoms. The number of anilines is 1. The number of fused-ring (bicyclic) bond motifs is 3. The molecule has 0 aromatic heterocycles. The first-order valence-corrected chi connectivity index (χ1v) is 7.07. The number of likely N-dealkylation sites (N-methyl/N-ethyl adjacent to an activating group) is 1. The summed E-state index contributed by atoms with van der Waals surface area (Å²) in [4.78, 5) is 2.42. The Bertz CT molecular complexity index is 495. The molecule has 1 unspecified atom stereocenters. The van der Waals surface area contributed by atoms with Crippen molar-refractivity contribution in [3.63, 3.8) is 0 Å². The molecule has 2 aliphatic rings. The van der Waals surface area contributed by atoms with Gasteiger partial charge in [-0.05, 0) is 24.5 Å². The molecule has 0 saturated heterocycles. The summed E-state index contributed by atoms with van der Waals surface area (Å²) in [7, 11) is 2.05. The Balaban J connectivity index is 2.01. The lowest BCUT2D eigenvalue weighted by molar-refractivity contribution is 0.214. The van der Waals surface area contributed by atoms with E-state index in [1.54, 1.807) is 0 Å². The van der Waals surface area contributed by atoms with Crippen LogP contribution in [0.1, 0.15) is 25.8 Å². The molecular weight excluding hydrogens is 236 g/mol. The topological polar surface area (TPSA) is 30.9 Å². The van der Waals surface area contributed by atoms with Crippen molar-refractivity contribution in [3.05, 3.63) is 29.8 Å². The summed E-state index contributed by atoms with van der Waals surface area (Å²) in [6, 6.07) is 8.47. The molecule has 1 aromatic rings. The first kappa shape index (κ1) is 12.3. The second-order valence-electron chi connectivity index (χ2n) is 5.83. The third-order valence-electron chi connectivity index (χ3n) is 3.76. The van der Waals surface area contributed by atoms with Gasteiger partial charge in [0.25, 0.3) is 0 Å². The van der Waals surface area contributed by atoms with Gasteiger partial charge in [0.05, 0.1) is 6.54 Å². The lowest BCUT2D eigenvalue weighted by atomic mass is 10.0. The van der Waals surface area contributed by atoms with Crippen LogP contribution in [-0.4, -0.2) is 42.0 Å². The molecule has 0 radical (unpaired) electrons. The van der Waals surface area contributed by atoms with E-state index >= 15 is 0 Å². The third-order valence-corrected chi connectivity index (χ3v) is 3.76. The summed E-state index contributed by atoms with van der Waals surface area (Å²) in [6.45, 7) is 6.57. The number of nitrogens with one attached hydrogen (secondary N) is 1. The fourth-order valence-electron chi connectivity index (χ4n) is 2.83. The summed E-state index contributed by atoms with van der Waals surface area (Å²) >= 11 is 0. The fourth-order valence-corrected chi connectivity index (χ4v) is 2.83. The summed E-state index contributed by atoms with van der Waals surface area (Å²) < 4.78 is 0. The average molecular weight is 258 g/mol. The van der Waals surface area contributed by atoms with Gasteiger partial charge in [-0.2, -0.15) is 5.10 Å². The largest absolute Gasteiger partial charge is 0.365 e. The van der Waals surface area contributed by atoms with Gasteiger partial charge in [0.1, 0.15) is 6.17 Å². The number of nitrogens with zero attached hydrogens (tertiary/aromatic N) is 3. The normalized spacial score (nSPS) is 21.7. The quantitative estimate of drug-likeness (QED) is 0.883. The minimum absolute atomic E-state index is 0.363.